The molecule has 5 heteroatoms. The van der Waals surface area contributed by atoms with Crippen LogP contribution < -0.4 is 10.1 Å². The van der Waals surface area contributed by atoms with E-state index in [4.69, 9.17) is 4.74 Å². The number of carbonyl (C=O) groups excluding carboxylic acids is 1. The maximum Gasteiger partial charge on any atom is 0.258 e. The van der Waals surface area contributed by atoms with Crippen molar-refractivity contribution in [2.45, 2.75) is 39.3 Å². The second-order valence-electron chi connectivity index (χ2n) is 4.96. The van der Waals surface area contributed by atoms with Crippen LogP contribution in [-0.4, -0.2) is 23.2 Å². The van der Waals surface area contributed by atoms with E-state index in [0.29, 0.717) is 11.3 Å². The van der Waals surface area contributed by atoms with Gasteiger partial charge < -0.3 is 15.2 Å². The molecule has 0 saturated heterocycles. The molecule has 1 aromatic carbocycles. The average Bonchev–Trinajstić information content (AvgIpc) is 2.36. The number of nitrogens with one attached hydrogen (secondary N) is 1. The fraction of sp³-hybridized carbons (Fsp3) is 0.500. The number of hydrogen-bond acceptors (Lipinski definition) is 3. The predicted molar refractivity (Wildman–Crippen MR) is 78.1 cm³/mol. The molecule has 106 valence electrons. The van der Waals surface area contributed by atoms with Crippen molar-refractivity contribution < 1.29 is 14.6 Å². The molecule has 0 radical (unpaired) electrons. The second kappa shape index (κ2) is 6.91. The standard InChI is InChI=1S/C14H20BrNO3/c1-4-14(2,3)16-12(18)9-19-13-10(8-17)6-5-7-11(13)15/h5-7,17H,4,8-9H2,1-3H3,(H,16,18). The van der Waals surface area contributed by atoms with Gasteiger partial charge in [0.15, 0.2) is 6.61 Å². The van der Waals surface area contributed by atoms with Gasteiger partial charge in [-0.15, -0.1) is 0 Å². The first-order chi connectivity index (χ1) is 8.89. The quantitative estimate of drug-likeness (QED) is 0.843. The first-order valence-corrected chi connectivity index (χ1v) is 7.01. The van der Waals surface area contributed by atoms with Crippen LogP contribution in [-0.2, 0) is 11.4 Å². The zero-order valence-corrected chi connectivity index (χ0v) is 13.1. The van der Waals surface area contributed by atoms with E-state index in [2.05, 4.69) is 21.2 Å². The molecule has 19 heavy (non-hydrogen) atoms. The Morgan fingerprint density at radius 1 is 1.47 bits per heavy atom. The summed E-state index contributed by atoms with van der Waals surface area (Å²) >= 11 is 3.35. The van der Waals surface area contributed by atoms with Crippen molar-refractivity contribution >= 4 is 21.8 Å². The molecule has 2 N–H and O–H groups in total. The van der Waals surface area contributed by atoms with Crippen molar-refractivity contribution in [3.05, 3.63) is 28.2 Å². The summed E-state index contributed by atoms with van der Waals surface area (Å²) in [6.07, 6.45) is 0.843. The van der Waals surface area contributed by atoms with Gasteiger partial charge in [0, 0.05) is 11.1 Å². The van der Waals surface area contributed by atoms with Crippen molar-refractivity contribution in [3.8, 4) is 5.75 Å². The summed E-state index contributed by atoms with van der Waals surface area (Å²) in [6, 6.07) is 5.37. The molecule has 4 nitrogen and oxygen atoms in total. The van der Waals surface area contributed by atoms with Gasteiger partial charge in [-0.3, -0.25) is 4.79 Å². The maximum absolute atomic E-state index is 11.8. The molecule has 0 unspecified atom stereocenters. The van der Waals surface area contributed by atoms with Gasteiger partial charge in [0.2, 0.25) is 0 Å². The fourth-order valence-electron chi connectivity index (χ4n) is 1.48. The summed E-state index contributed by atoms with van der Waals surface area (Å²) in [7, 11) is 0. The van der Waals surface area contributed by atoms with E-state index in [1.54, 1.807) is 6.07 Å². The number of ether oxygens (including phenoxy) is 1. The van der Waals surface area contributed by atoms with E-state index in [9.17, 15) is 9.90 Å². The average molecular weight is 330 g/mol. The van der Waals surface area contributed by atoms with Gasteiger partial charge in [0.05, 0.1) is 11.1 Å². The van der Waals surface area contributed by atoms with Crippen molar-refractivity contribution in [3.63, 3.8) is 0 Å². The molecule has 0 bridgehead atoms. The predicted octanol–water partition coefficient (Wildman–Crippen LogP) is 2.63. The third kappa shape index (κ3) is 4.84. The molecular formula is C14H20BrNO3. The molecule has 1 aromatic rings. The summed E-state index contributed by atoms with van der Waals surface area (Å²) in [5.74, 6) is 0.334. The summed E-state index contributed by atoms with van der Waals surface area (Å²) in [5, 5.41) is 12.1. The number of carbonyl (C=O) groups is 1. The zero-order valence-electron chi connectivity index (χ0n) is 11.5. The number of para-hydroxylation sites is 1. The molecule has 1 amide bonds. The van der Waals surface area contributed by atoms with E-state index < -0.39 is 0 Å². The van der Waals surface area contributed by atoms with Crippen LogP contribution in [0.4, 0.5) is 0 Å². The Morgan fingerprint density at radius 2 is 2.16 bits per heavy atom. The van der Waals surface area contributed by atoms with Crippen LogP contribution in [0.15, 0.2) is 22.7 Å². The number of aliphatic hydroxyl groups excluding tert-OH is 1. The Balaban J connectivity index is 2.65. The number of rotatable bonds is 6. The smallest absolute Gasteiger partial charge is 0.258 e. The number of amides is 1. The molecule has 0 saturated carbocycles. The lowest BCUT2D eigenvalue weighted by atomic mass is 10.0. The first kappa shape index (κ1) is 16.0. The largest absolute Gasteiger partial charge is 0.482 e. The van der Waals surface area contributed by atoms with Crippen molar-refractivity contribution in [2.24, 2.45) is 0 Å². The third-order valence-electron chi connectivity index (χ3n) is 2.93. The number of hydrogen-bond donors (Lipinski definition) is 2. The Bertz CT molecular complexity index is 446. The summed E-state index contributed by atoms with van der Waals surface area (Å²) < 4.78 is 6.22. The van der Waals surface area contributed by atoms with E-state index in [0.717, 1.165) is 10.9 Å². The molecular weight excluding hydrogens is 310 g/mol. The Hall–Kier alpha value is -1.07. The minimum absolute atomic E-state index is 0.0704. The number of halogens is 1. The van der Waals surface area contributed by atoms with E-state index in [-0.39, 0.29) is 24.7 Å². The summed E-state index contributed by atoms with van der Waals surface area (Å²) in [4.78, 5) is 11.8. The van der Waals surface area contributed by atoms with Crippen LogP contribution in [0, 0.1) is 0 Å². The van der Waals surface area contributed by atoms with Gasteiger partial charge in [-0.2, -0.15) is 0 Å². The molecule has 0 heterocycles. The maximum atomic E-state index is 11.8. The minimum Gasteiger partial charge on any atom is -0.482 e. The Labute approximate surface area is 122 Å². The lowest BCUT2D eigenvalue weighted by molar-refractivity contribution is -0.124. The van der Waals surface area contributed by atoms with Gasteiger partial charge in [-0.1, -0.05) is 19.1 Å². The topological polar surface area (TPSA) is 58.6 Å². The van der Waals surface area contributed by atoms with Crippen LogP contribution in [0.25, 0.3) is 0 Å². The van der Waals surface area contributed by atoms with Crippen molar-refractivity contribution in [1.82, 2.24) is 5.32 Å². The van der Waals surface area contributed by atoms with Gasteiger partial charge in [0.25, 0.3) is 5.91 Å². The molecule has 1 rings (SSSR count). The minimum atomic E-state index is -0.242. The Morgan fingerprint density at radius 3 is 2.74 bits per heavy atom. The summed E-state index contributed by atoms with van der Waals surface area (Å²) in [5.41, 5.74) is 0.408. The highest BCUT2D eigenvalue weighted by Gasteiger charge is 2.18. The molecule has 0 aliphatic heterocycles. The molecule has 0 aromatic heterocycles. The normalized spacial score (nSPS) is 11.2. The van der Waals surface area contributed by atoms with Gasteiger partial charge in [0.1, 0.15) is 5.75 Å². The van der Waals surface area contributed by atoms with E-state index in [1.165, 1.54) is 0 Å². The molecule has 0 aliphatic rings. The molecule has 0 fully saturated rings. The second-order valence-corrected chi connectivity index (χ2v) is 5.81. The zero-order chi connectivity index (χ0) is 14.5. The van der Waals surface area contributed by atoms with Crippen LogP contribution >= 0.6 is 15.9 Å². The van der Waals surface area contributed by atoms with Gasteiger partial charge >= 0.3 is 0 Å². The Kier molecular flexibility index (Phi) is 5.82. The SMILES string of the molecule is CCC(C)(C)NC(=O)COc1c(Br)cccc1CO. The van der Waals surface area contributed by atoms with E-state index >= 15 is 0 Å². The van der Waals surface area contributed by atoms with Crippen LogP contribution in [0.5, 0.6) is 5.75 Å². The van der Waals surface area contributed by atoms with Crippen molar-refractivity contribution in [2.75, 3.05) is 6.61 Å². The van der Waals surface area contributed by atoms with Crippen molar-refractivity contribution in [1.29, 1.82) is 0 Å². The summed E-state index contributed by atoms with van der Waals surface area (Å²) in [6.45, 7) is 5.74. The van der Waals surface area contributed by atoms with Crippen LogP contribution in [0.3, 0.4) is 0 Å². The third-order valence-corrected chi connectivity index (χ3v) is 3.55. The first-order valence-electron chi connectivity index (χ1n) is 6.21. The van der Waals surface area contributed by atoms with E-state index in [1.807, 2.05) is 32.9 Å². The van der Waals surface area contributed by atoms with Gasteiger partial charge in [-0.05, 0) is 42.3 Å². The monoisotopic (exact) mass is 329 g/mol. The number of benzene rings is 1. The van der Waals surface area contributed by atoms with Gasteiger partial charge in [-0.25, -0.2) is 0 Å². The highest BCUT2D eigenvalue weighted by Crippen LogP contribution is 2.29. The number of aliphatic hydroxyl groups is 1. The molecule has 0 spiro atoms. The lowest BCUT2D eigenvalue weighted by Crippen LogP contribution is -2.44. The fourth-order valence-corrected chi connectivity index (χ4v) is 2.00. The highest BCUT2D eigenvalue weighted by atomic mass is 79.9. The van der Waals surface area contributed by atoms with Crippen LogP contribution in [0.1, 0.15) is 32.8 Å². The lowest BCUT2D eigenvalue weighted by Gasteiger charge is -2.24. The highest BCUT2D eigenvalue weighted by molar-refractivity contribution is 9.10. The molecule has 0 atom stereocenters. The van der Waals surface area contributed by atoms with Crippen LogP contribution in [0.2, 0.25) is 0 Å². The molecule has 0 aliphatic carbocycles.